The fourth-order valence-corrected chi connectivity index (χ4v) is 3.84. The second-order valence-corrected chi connectivity index (χ2v) is 8.10. The van der Waals surface area contributed by atoms with Gasteiger partial charge in [-0.2, -0.15) is 0 Å². The topological polar surface area (TPSA) is 45.7 Å². The Balaban J connectivity index is 2.27. The molecule has 5 nitrogen and oxygen atoms in total. The van der Waals surface area contributed by atoms with Crippen molar-refractivity contribution < 1.29 is 9.53 Å². The van der Waals surface area contributed by atoms with Crippen molar-refractivity contribution in [1.29, 1.82) is 0 Å². The number of ether oxygens (including phenoxy) is 1. The van der Waals surface area contributed by atoms with E-state index in [-0.39, 0.29) is 5.91 Å². The Kier molecular flexibility index (Phi) is 7.39. The fraction of sp³-hybridized carbons (Fsp3) is 0.524. The number of benzene rings is 1. The molecular weight excluding hydrogens is 358 g/mol. The van der Waals surface area contributed by atoms with Crippen LogP contribution in [-0.2, 0) is 0 Å². The van der Waals surface area contributed by atoms with Crippen LogP contribution in [0.3, 0.4) is 0 Å². The fourth-order valence-electron chi connectivity index (χ4n) is 2.78. The van der Waals surface area contributed by atoms with Crippen LogP contribution in [0.2, 0.25) is 0 Å². The summed E-state index contributed by atoms with van der Waals surface area (Å²) < 4.78 is 5.49. The van der Waals surface area contributed by atoms with Gasteiger partial charge in [0.25, 0.3) is 5.91 Å². The van der Waals surface area contributed by atoms with Crippen LogP contribution < -0.4 is 4.74 Å². The Hall–Kier alpha value is -1.92. The van der Waals surface area contributed by atoms with E-state index in [0.29, 0.717) is 24.0 Å². The van der Waals surface area contributed by atoms with Gasteiger partial charge in [-0.25, -0.2) is 4.98 Å². The quantitative estimate of drug-likeness (QED) is 0.677. The summed E-state index contributed by atoms with van der Waals surface area (Å²) in [6.07, 6.45) is 0. The monoisotopic (exact) mass is 389 g/mol. The summed E-state index contributed by atoms with van der Waals surface area (Å²) in [5.41, 5.74) is 2.85. The first-order valence-electron chi connectivity index (χ1n) is 9.40. The second-order valence-electron chi connectivity index (χ2n) is 7.10. The molecule has 0 atom stereocenters. The predicted molar refractivity (Wildman–Crippen MR) is 113 cm³/mol. The molecular formula is C21H31N3O2S. The molecule has 0 radical (unpaired) electrons. The molecule has 6 heteroatoms. The first kappa shape index (κ1) is 21.4. The lowest BCUT2D eigenvalue weighted by Gasteiger charge is -2.26. The van der Waals surface area contributed by atoms with Gasteiger partial charge in [-0.15, -0.1) is 11.3 Å². The number of aryl methyl sites for hydroxylation is 2. The molecule has 0 fully saturated rings. The van der Waals surface area contributed by atoms with Gasteiger partial charge in [-0.3, -0.25) is 4.79 Å². The van der Waals surface area contributed by atoms with Crippen LogP contribution in [0.4, 0.5) is 0 Å². The highest BCUT2D eigenvalue weighted by Crippen LogP contribution is 2.35. The van der Waals surface area contributed by atoms with E-state index < -0.39 is 0 Å². The molecule has 148 valence electrons. The van der Waals surface area contributed by atoms with Gasteiger partial charge in [-0.1, -0.05) is 11.6 Å². The maximum Gasteiger partial charge on any atom is 0.265 e. The Labute approximate surface area is 167 Å². The van der Waals surface area contributed by atoms with Gasteiger partial charge in [-0.05, 0) is 53.8 Å². The van der Waals surface area contributed by atoms with Crippen molar-refractivity contribution in [3.8, 4) is 16.3 Å². The molecule has 2 rings (SSSR count). The highest BCUT2D eigenvalue weighted by atomic mass is 32.1. The molecule has 1 heterocycles. The minimum Gasteiger partial charge on any atom is -0.496 e. The lowest BCUT2D eigenvalue weighted by molar-refractivity contribution is 0.0748. The number of rotatable bonds is 8. The van der Waals surface area contributed by atoms with Crippen molar-refractivity contribution in [2.45, 2.75) is 40.7 Å². The zero-order valence-electron chi connectivity index (χ0n) is 17.5. The van der Waals surface area contributed by atoms with Crippen LogP contribution in [0.15, 0.2) is 18.2 Å². The zero-order chi connectivity index (χ0) is 20.1. The van der Waals surface area contributed by atoms with Crippen LogP contribution >= 0.6 is 11.3 Å². The second kappa shape index (κ2) is 9.33. The highest BCUT2D eigenvalue weighted by molar-refractivity contribution is 7.17. The Morgan fingerprint density at radius 3 is 2.56 bits per heavy atom. The maximum atomic E-state index is 13.1. The average Bonchev–Trinajstić information content (AvgIpc) is 3.03. The summed E-state index contributed by atoms with van der Waals surface area (Å²) in [6.45, 7) is 12.5. The van der Waals surface area contributed by atoms with Gasteiger partial charge in [0.05, 0.1) is 18.4 Å². The van der Waals surface area contributed by atoms with Gasteiger partial charge < -0.3 is 14.5 Å². The van der Waals surface area contributed by atoms with Crippen LogP contribution in [0.1, 0.15) is 41.7 Å². The van der Waals surface area contributed by atoms with E-state index >= 15 is 0 Å². The molecule has 0 N–H and O–H groups in total. The molecule has 0 aliphatic rings. The minimum absolute atomic E-state index is 0.0579. The van der Waals surface area contributed by atoms with Gasteiger partial charge in [0.15, 0.2) is 0 Å². The maximum absolute atomic E-state index is 13.1. The number of carbonyl (C=O) groups excluding carboxylic acids is 1. The van der Waals surface area contributed by atoms with Gasteiger partial charge in [0.1, 0.15) is 15.6 Å². The molecule has 1 aromatic carbocycles. The molecule has 0 unspecified atom stereocenters. The zero-order valence-corrected chi connectivity index (χ0v) is 18.3. The summed E-state index contributed by atoms with van der Waals surface area (Å²) in [5.74, 6) is 0.835. The molecule has 0 spiro atoms. The number of hydrogen-bond donors (Lipinski definition) is 0. The summed E-state index contributed by atoms with van der Waals surface area (Å²) in [6, 6.07) is 6.48. The number of thiazole rings is 1. The summed E-state index contributed by atoms with van der Waals surface area (Å²) in [5, 5.41) is 0.826. The van der Waals surface area contributed by atoms with Crippen molar-refractivity contribution >= 4 is 17.2 Å². The van der Waals surface area contributed by atoms with Gasteiger partial charge in [0.2, 0.25) is 0 Å². The van der Waals surface area contributed by atoms with E-state index in [1.54, 1.807) is 7.11 Å². The Bertz CT molecular complexity index is 786. The molecule has 2 aromatic rings. The Morgan fingerprint density at radius 2 is 1.96 bits per heavy atom. The minimum atomic E-state index is 0.0579. The van der Waals surface area contributed by atoms with Crippen molar-refractivity contribution in [2.75, 3.05) is 33.8 Å². The SMILES string of the molecule is CCN(CCN(C)C(C)C)C(=O)c1sc(-c2cc(C)ccc2OC)nc1C. The average molecular weight is 390 g/mol. The normalized spacial score (nSPS) is 11.3. The number of hydrogen-bond acceptors (Lipinski definition) is 5. The molecule has 0 saturated heterocycles. The van der Waals surface area contributed by atoms with E-state index in [1.165, 1.54) is 11.3 Å². The van der Waals surface area contributed by atoms with Gasteiger partial charge >= 0.3 is 0 Å². The third-order valence-electron chi connectivity index (χ3n) is 4.85. The van der Waals surface area contributed by atoms with Crippen LogP contribution in [-0.4, -0.2) is 60.5 Å². The molecule has 1 aromatic heterocycles. The van der Waals surface area contributed by atoms with Crippen molar-refractivity contribution in [2.24, 2.45) is 0 Å². The third kappa shape index (κ3) is 5.08. The first-order valence-corrected chi connectivity index (χ1v) is 10.2. The van der Waals surface area contributed by atoms with E-state index in [4.69, 9.17) is 4.74 Å². The van der Waals surface area contributed by atoms with E-state index in [1.807, 2.05) is 37.8 Å². The molecule has 27 heavy (non-hydrogen) atoms. The Morgan fingerprint density at radius 1 is 1.26 bits per heavy atom. The molecule has 1 amide bonds. The number of likely N-dealkylation sites (N-methyl/N-ethyl adjacent to an activating group) is 2. The first-order chi connectivity index (χ1) is 12.8. The van der Waals surface area contributed by atoms with Crippen LogP contribution in [0.25, 0.3) is 10.6 Å². The largest absolute Gasteiger partial charge is 0.496 e. The lowest BCUT2D eigenvalue weighted by Crippen LogP contribution is -2.39. The van der Waals surface area contributed by atoms with Crippen molar-refractivity contribution in [3.63, 3.8) is 0 Å². The smallest absolute Gasteiger partial charge is 0.265 e. The number of methoxy groups -OCH3 is 1. The molecule has 0 saturated carbocycles. The summed E-state index contributed by atoms with van der Waals surface area (Å²) in [4.78, 5) is 22.6. The third-order valence-corrected chi connectivity index (χ3v) is 6.03. The number of amides is 1. The predicted octanol–water partition coefficient (Wildman–Crippen LogP) is 4.24. The molecule has 0 bridgehead atoms. The van der Waals surface area contributed by atoms with Gasteiger partial charge in [0, 0.05) is 25.7 Å². The number of carbonyl (C=O) groups is 1. The van der Waals surface area contributed by atoms with E-state index in [0.717, 1.165) is 34.1 Å². The lowest BCUT2D eigenvalue weighted by atomic mass is 10.1. The van der Waals surface area contributed by atoms with E-state index in [9.17, 15) is 4.79 Å². The van der Waals surface area contributed by atoms with Crippen LogP contribution in [0.5, 0.6) is 5.75 Å². The number of nitrogens with zero attached hydrogens (tertiary/aromatic N) is 3. The van der Waals surface area contributed by atoms with Crippen molar-refractivity contribution in [3.05, 3.63) is 34.3 Å². The van der Waals surface area contributed by atoms with Crippen molar-refractivity contribution in [1.82, 2.24) is 14.8 Å². The van der Waals surface area contributed by atoms with Crippen LogP contribution in [0, 0.1) is 13.8 Å². The van der Waals surface area contributed by atoms with E-state index in [2.05, 4.69) is 36.8 Å². The highest BCUT2D eigenvalue weighted by Gasteiger charge is 2.22. The number of aromatic nitrogens is 1. The molecule has 0 aliphatic carbocycles. The summed E-state index contributed by atoms with van der Waals surface area (Å²) in [7, 11) is 3.74. The molecule has 0 aliphatic heterocycles. The standard InChI is InChI=1S/C21H31N3O2S/c1-8-24(12-11-23(6)14(2)3)21(25)19-16(5)22-20(27-19)17-13-15(4)9-10-18(17)26-7/h9-10,13-14H,8,11-12H2,1-7H3. The summed E-state index contributed by atoms with van der Waals surface area (Å²) >= 11 is 1.45.